The van der Waals surface area contributed by atoms with Crippen LogP contribution in [0.25, 0.3) is 0 Å². The first-order valence-corrected chi connectivity index (χ1v) is 6.02. The molecule has 1 aromatic heterocycles. The number of nitrogens with one attached hydrogen (secondary N) is 1. The number of aromatic nitrogens is 1. The number of amides is 1. The SMILES string of the molecule is CC(C)(C)C(NC(=O)O)c1ncc(Br)s1. The van der Waals surface area contributed by atoms with Crippen molar-refractivity contribution < 1.29 is 9.90 Å². The van der Waals surface area contributed by atoms with E-state index in [1.165, 1.54) is 11.3 Å². The topological polar surface area (TPSA) is 62.2 Å². The number of hydrogen-bond donors (Lipinski definition) is 2. The summed E-state index contributed by atoms with van der Waals surface area (Å²) in [5, 5.41) is 12.0. The zero-order valence-electron chi connectivity index (χ0n) is 8.74. The van der Waals surface area contributed by atoms with Gasteiger partial charge in [-0.2, -0.15) is 0 Å². The minimum atomic E-state index is -1.03. The largest absolute Gasteiger partial charge is 0.465 e. The Morgan fingerprint density at radius 3 is 2.60 bits per heavy atom. The van der Waals surface area contributed by atoms with Crippen LogP contribution < -0.4 is 5.32 Å². The summed E-state index contributed by atoms with van der Waals surface area (Å²) in [7, 11) is 0. The third kappa shape index (κ3) is 3.46. The number of thiazole rings is 1. The zero-order valence-corrected chi connectivity index (χ0v) is 11.1. The molecule has 2 N–H and O–H groups in total. The third-order valence-corrected chi connectivity index (χ3v) is 3.42. The van der Waals surface area contributed by atoms with E-state index in [1.807, 2.05) is 20.8 Å². The summed E-state index contributed by atoms with van der Waals surface area (Å²) in [6.45, 7) is 5.93. The Hall–Kier alpha value is -0.620. The van der Waals surface area contributed by atoms with Crippen molar-refractivity contribution in [1.82, 2.24) is 10.3 Å². The first-order valence-electron chi connectivity index (χ1n) is 4.41. The van der Waals surface area contributed by atoms with Gasteiger partial charge in [0, 0.05) is 0 Å². The standard InChI is InChI=1S/C9H13BrN2O2S/c1-9(2,3)6(12-8(13)14)7-11-4-5(10)15-7/h4,6,12H,1-3H3,(H,13,14). The van der Waals surface area contributed by atoms with Gasteiger partial charge in [-0.3, -0.25) is 0 Å². The van der Waals surface area contributed by atoms with Crippen molar-refractivity contribution in [2.75, 3.05) is 0 Å². The van der Waals surface area contributed by atoms with Gasteiger partial charge >= 0.3 is 6.09 Å². The molecule has 0 spiro atoms. The highest BCUT2D eigenvalue weighted by Crippen LogP contribution is 2.35. The van der Waals surface area contributed by atoms with Gasteiger partial charge in [0.1, 0.15) is 5.01 Å². The van der Waals surface area contributed by atoms with E-state index in [0.717, 1.165) is 8.79 Å². The van der Waals surface area contributed by atoms with E-state index in [1.54, 1.807) is 6.20 Å². The maximum atomic E-state index is 10.7. The lowest BCUT2D eigenvalue weighted by Gasteiger charge is -2.28. The van der Waals surface area contributed by atoms with Gasteiger partial charge in [-0.25, -0.2) is 9.78 Å². The van der Waals surface area contributed by atoms with Gasteiger partial charge in [0.2, 0.25) is 0 Å². The molecular weight excluding hydrogens is 280 g/mol. The second-order valence-electron chi connectivity index (χ2n) is 4.25. The van der Waals surface area contributed by atoms with Crippen LogP contribution in [-0.4, -0.2) is 16.2 Å². The molecule has 15 heavy (non-hydrogen) atoms. The highest BCUT2D eigenvalue weighted by molar-refractivity contribution is 9.11. The molecule has 1 atom stereocenters. The Balaban J connectivity index is 2.96. The van der Waals surface area contributed by atoms with Crippen molar-refractivity contribution in [1.29, 1.82) is 0 Å². The van der Waals surface area contributed by atoms with Gasteiger partial charge in [-0.1, -0.05) is 20.8 Å². The molecule has 1 amide bonds. The van der Waals surface area contributed by atoms with Crippen molar-refractivity contribution in [3.63, 3.8) is 0 Å². The van der Waals surface area contributed by atoms with E-state index < -0.39 is 6.09 Å². The van der Waals surface area contributed by atoms with Crippen LogP contribution in [0.5, 0.6) is 0 Å². The zero-order chi connectivity index (χ0) is 11.6. The van der Waals surface area contributed by atoms with Crippen molar-refractivity contribution in [2.24, 2.45) is 5.41 Å². The normalized spacial score (nSPS) is 13.6. The van der Waals surface area contributed by atoms with Crippen molar-refractivity contribution in [2.45, 2.75) is 26.8 Å². The molecule has 1 unspecified atom stereocenters. The van der Waals surface area contributed by atoms with Crippen LogP contribution >= 0.6 is 27.3 Å². The number of halogens is 1. The predicted molar refractivity (Wildman–Crippen MR) is 63.2 cm³/mol. The second kappa shape index (κ2) is 4.49. The maximum absolute atomic E-state index is 10.7. The summed E-state index contributed by atoms with van der Waals surface area (Å²) in [4.78, 5) is 14.9. The Morgan fingerprint density at radius 2 is 2.27 bits per heavy atom. The Kier molecular flexibility index (Phi) is 3.72. The minimum Gasteiger partial charge on any atom is -0.465 e. The number of hydrogen-bond acceptors (Lipinski definition) is 3. The molecule has 0 aliphatic rings. The van der Waals surface area contributed by atoms with Gasteiger partial charge in [0.25, 0.3) is 0 Å². The Bertz CT molecular complexity index is 359. The quantitative estimate of drug-likeness (QED) is 0.879. The van der Waals surface area contributed by atoms with E-state index in [0.29, 0.717) is 0 Å². The molecule has 0 fully saturated rings. The van der Waals surface area contributed by atoms with Crippen LogP contribution in [0.15, 0.2) is 9.98 Å². The Morgan fingerprint density at radius 1 is 1.67 bits per heavy atom. The first kappa shape index (κ1) is 12.4. The molecular formula is C9H13BrN2O2S. The van der Waals surface area contributed by atoms with Gasteiger partial charge in [0.05, 0.1) is 16.0 Å². The van der Waals surface area contributed by atoms with Gasteiger partial charge < -0.3 is 10.4 Å². The van der Waals surface area contributed by atoms with Crippen molar-refractivity contribution in [3.05, 3.63) is 15.0 Å². The van der Waals surface area contributed by atoms with E-state index in [4.69, 9.17) is 5.11 Å². The average molecular weight is 293 g/mol. The summed E-state index contributed by atoms with van der Waals surface area (Å²) >= 11 is 4.76. The highest BCUT2D eigenvalue weighted by atomic mass is 79.9. The van der Waals surface area contributed by atoms with E-state index in [9.17, 15) is 4.79 Å². The molecule has 0 saturated heterocycles. The van der Waals surface area contributed by atoms with Gasteiger partial charge in [-0.15, -0.1) is 11.3 Å². The molecule has 0 bridgehead atoms. The number of carboxylic acid groups (broad SMARTS) is 1. The lowest BCUT2D eigenvalue weighted by Crippen LogP contribution is -2.35. The maximum Gasteiger partial charge on any atom is 0.405 e. The summed E-state index contributed by atoms with van der Waals surface area (Å²) < 4.78 is 0.902. The van der Waals surface area contributed by atoms with Crippen LogP contribution in [0.1, 0.15) is 31.8 Å². The summed E-state index contributed by atoms with van der Waals surface area (Å²) in [6, 6.07) is -0.286. The number of nitrogens with zero attached hydrogens (tertiary/aromatic N) is 1. The lowest BCUT2D eigenvalue weighted by molar-refractivity contribution is 0.175. The smallest absolute Gasteiger partial charge is 0.405 e. The van der Waals surface area contributed by atoms with Crippen LogP contribution in [0, 0.1) is 5.41 Å². The molecule has 84 valence electrons. The number of rotatable bonds is 2. The van der Waals surface area contributed by atoms with Crippen molar-refractivity contribution >= 4 is 33.4 Å². The summed E-state index contributed by atoms with van der Waals surface area (Å²) in [5.74, 6) is 0. The van der Waals surface area contributed by atoms with Crippen LogP contribution in [-0.2, 0) is 0 Å². The third-order valence-electron chi connectivity index (χ3n) is 1.88. The van der Waals surface area contributed by atoms with Gasteiger partial charge in [-0.05, 0) is 21.3 Å². The predicted octanol–water partition coefficient (Wildman–Crippen LogP) is 3.26. The molecule has 1 heterocycles. The van der Waals surface area contributed by atoms with Crippen molar-refractivity contribution in [3.8, 4) is 0 Å². The summed E-state index contributed by atoms with van der Waals surface area (Å²) in [5.41, 5.74) is -0.199. The lowest BCUT2D eigenvalue weighted by atomic mass is 9.87. The van der Waals surface area contributed by atoms with Gasteiger partial charge in [0.15, 0.2) is 0 Å². The highest BCUT2D eigenvalue weighted by Gasteiger charge is 2.30. The van der Waals surface area contributed by atoms with Crippen LogP contribution in [0.4, 0.5) is 4.79 Å². The monoisotopic (exact) mass is 292 g/mol. The molecule has 0 aliphatic carbocycles. The average Bonchev–Trinajstić information content (AvgIpc) is 2.45. The molecule has 0 aliphatic heterocycles. The first-order chi connectivity index (χ1) is 6.80. The van der Waals surface area contributed by atoms with E-state index in [-0.39, 0.29) is 11.5 Å². The second-order valence-corrected chi connectivity index (χ2v) is 6.69. The summed E-state index contributed by atoms with van der Waals surface area (Å²) in [6.07, 6.45) is 0.656. The number of carbonyl (C=O) groups is 1. The molecule has 6 heteroatoms. The molecule has 4 nitrogen and oxygen atoms in total. The fourth-order valence-electron chi connectivity index (χ4n) is 1.17. The fraction of sp³-hybridized carbons (Fsp3) is 0.556. The van der Waals surface area contributed by atoms with E-state index in [2.05, 4.69) is 26.2 Å². The van der Waals surface area contributed by atoms with Crippen LogP contribution in [0.3, 0.4) is 0 Å². The van der Waals surface area contributed by atoms with E-state index >= 15 is 0 Å². The fourth-order valence-corrected chi connectivity index (χ4v) is 2.71. The molecule has 1 aromatic rings. The molecule has 0 saturated carbocycles. The Labute approximate surface area is 101 Å². The molecule has 1 rings (SSSR count). The molecule has 0 aromatic carbocycles. The minimum absolute atomic E-state index is 0.199. The van der Waals surface area contributed by atoms with Crippen LogP contribution in [0.2, 0.25) is 0 Å². The molecule has 0 radical (unpaired) electrons.